The van der Waals surface area contributed by atoms with Gasteiger partial charge in [0.1, 0.15) is 0 Å². The minimum absolute atomic E-state index is 0.410. The maximum atomic E-state index is 13.9. The summed E-state index contributed by atoms with van der Waals surface area (Å²) in [6.07, 6.45) is -11.2. The average molecular weight is 362 g/mol. The average Bonchev–Trinajstić information content (AvgIpc) is 2.54. The molecule has 0 amide bonds. The predicted molar refractivity (Wildman–Crippen MR) is 84.9 cm³/mol. The molecule has 136 valence electrons. The molecule has 2 aromatic carbocycles. The van der Waals surface area contributed by atoms with E-state index < -0.39 is 28.9 Å². The van der Waals surface area contributed by atoms with Gasteiger partial charge in [-0.2, -0.15) is 26.3 Å². The number of rotatable bonds is 4. The van der Waals surface area contributed by atoms with E-state index in [0.717, 1.165) is 24.3 Å². The SMILES string of the molecule is CNc1ccc(C(c2ccc(NC)cc2)(C(F)(F)F)C(F)(F)F)cc1. The van der Waals surface area contributed by atoms with Crippen LogP contribution in [-0.4, -0.2) is 26.4 Å². The molecule has 0 aliphatic heterocycles. The van der Waals surface area contributed by atoms with Gasteiger partial charge in [0.25, 0.3) is 0 Å². The van der Waals surface area contributed by atoms with Gasteiger partial charge in [0.15, 0.2) is 0 Å². The quantitative estimate of drug-likeness (QED) is 0.733. The molecule has 2 N–H and O–H groups in total. The monoisotopic (exact) mass is 362 g/mol. The topological polar surface area (TPSA) is 24.1 Å². The summed E-state index contributed by atoms with van der Waals surface area (Å²) in [5.41, 5.74) is -5.06. The second-order valence-corrected chi connectivity index (χ2v) is 5.40. The summed E-state index contributed by atoms with van der Waals surface area (Å²) in [4.78, 5) is 0. The lowest BCUT2D eigenvalue weighted by Gasteiger charge is -2.38. The smallest absolute Gasteiger partial charge is 0.388 e. The van der Waals surface area contributed by atoms with Crippen LogP contribution in [0.1, 0.15) is 11.1 Å². The van der Waals surface area contributed by atoms with Crippen LogP contribution in [0.4, 0.5) is 37.7 Å². The zero-order valence-corrected chi connectivity index (χ0v) is 13.4. The summed E-state index contributed by atoms with van der Waals surface area (Å²) in [6, 6.07) is 8.12. The number of hydrogen-bond donors (Lipinski definition) is 2. The highest BCUT2D eigenvalue weighted by Crippen LogP contribution is 2.56. The first-order valence-corrected chi connectivity index (χ1v) is 7.28. The van der Waals surface area contributed by atoms with E-state index >= 15 is 0 Å². The summed E-state index contributed by atoms with van der Waals surface area (Å²) >= 11 is 0. The van der Waals surface area contributed by atoms with Crippen molar-refractivity contribution in [2.24, 2.45) is 0 Å². The summed E-state index contributed by atoms with van der Waals surface area (Å²) in [6.45, 7) is 0. The lowest BCUT2D eigenvalue weighted by atomic mass is 9.73. The van der Waals surface area contributed by atoms with E-state index in [9.17, 15) is 26.3 Å². The minimum Gasteiger partial charge on any atom is -0.388 e. The first-order valence-electron chi connectivity index (χ1n) is 7.28. The Morgan fingerprint density at radius 3 is 1.04 bits per heavy atom. The van der Waals surface area contributed by atoms with E-state index in [1.807, 2.05) is 0 Å². The summed E-state index contributed by atoms with van der Waals surface area (Å²) in [5, 5.41) is 5.33. The van der Waals surface area contributed by atoms with Gasteiger partial charge in [-0.1, -0.05) is 24.3 Å². The van der Waals surface area contributed by atoms with Gasteiger partial charge < -0.3 is 10.6 Å². The van der Waals surface area contributed by atoms with Crippen molar-refractivity contribution in [1.29, 1.82) is 0 Å². The number of alkyl halides is 6. The van der Waals surface area contributed by atoms with Crippen molar-refractivity contribution >= 4 is 11.4 Å². The Morgan fingerprint density at radius 2 is 0.840 bits per heavy atom. The third-order valence-corrected chi connectivity index (χ3v) is 4.06. The van der Waals surface area contributed by atoms with E-state index in [0.29, 0.717) is 11.4 Å². The number of hydrogen-bond acceptors (Lipinski definition) is 2. The van der Waals surface area contributed by atoms with Crippen LogP contribution < -0.4 is 10.6 Å². The first kappa shape index (κ1) is 19.0. The molecule has 0 unspecified atom stereocenters. The third-order valence-electron chi connectivity index (χ3n) is 4.06. The van der Waals surface area contributed by atoms with Gasteiger partial charge in [-0.05, 0) is 35.4 Å². The van der Waals surface area contributed by atoms with Gasteiger partial charge in [-0.15, -0.1) is 0 Å². The van der Waals surface area contributed by atoms with Gasteiger partial charge >= 0.3 is 12.4 Å². The summed E-state index contributed by atoms with van der Waals surface area (Å²) < 4.78 is 83.1. The molecule has 0 saturated carbocycles. The molecule has 0 bridgehead atoms. The highest BCUT2D eigenvalue weighted by atomic mass is 19.4. The normalized spacial score (nSPS) is 12.8. The molecule has 0 saturated heterocycles. The Morgan fingerprint density at radius 1 is 0.560 bits per heavy atom. The Hall–Kier alpha value is -2.38. The fourth-order valence-electron chi connectivity index (χ4n) is 2.76. The van der Waals surface area contributed by atoms with E-state index in [1.54, 1.807) is 0 Å². The first-order chi connectivity index (χ1) is 11.6. The molecule has 0 radical (unpaired) electrons. The van der Waals surface area contributed by atoms with Crippen LogP contribution in [0.5, 0.6) is 0 Å². The Balaban J connectivity index is 2.80. The molecular formula is C17H16F6N2. The number of benzene rings is 2. The van der Waals surface area contributed by atoms with Crippen molar-refractivity contribution < 1.29 is 26.3 Å². The number of halogens is 6. The zero-order chi connectivity index (χ0) is 18.9. The lowest BCUT2D eigenvalue weighted by molar-refractivity contribution is -0.288. The maximum Gasteiger partial charge on any atom is 0.411 e. The van der Waals surface area contributed by atoms with Crippen molar-refractivity contribution in [3.8, 4) is 0 Å². The van der Waals surface area contributed by atoms with Crippen molar-refractivity contribution in [3.63, 3.8) is 0 Å². The van der Waals surface area contributed by atoms with Gasteiger partial charge in [0.2, 0.25) is 5.41 Å². The van der Waals surface area contributed by atoms with Crippen molar-refractivity contribution in [3.05, 3.63) is 59.7 Å². The minimum atomic E-state index is -5.58. The Kier molecular flexibility index (Phi) is 4.92. The molecular weight excluding hydrogens is 346 g/mol. The van der Waals surface area contributed by atoms with Crippen LogP contribution in [0.25, 0.3) is 0 Å². The maximum absolute atomic E-state index is 13.9. The van der Waals surface area contributed by atoms with Crippen LogP contribution in [-0.2, 0) is 5.41 Å². The molecule has 8 heteroatoms. The van der Waals surface area contributed by atoms with E-state index in [1.165, 1.54) is 38.4 Å². The highest BCUT2D eigenvalue weighted by molar-refractivity contribution is 5.53. The Labute approximate surface area is 140 Å². The molecule has 0 spiro atoms. The van der Waals surface area contributed by atoms with Gasteiger partial charge in [-0.3, -0.25) is 0 Å². The van der Waals surface area contributed by atoms with Gasteiger partial charge in [0.05, 0.1) is 0 Å². The largest absolute Gasteiger partial charge is 0.411 e. The predicted octanol–water partition coefficient (Wildman–Crippen LogP) is 5.18. The van der Waals surface area contributed by atoms with Crippen LogP contribution in [0, 0.1) is 0 Å². The standard InChI is InChI=1S/C17H16F6N2/c1-24-13-7-3-11(4-8-13)15(16(18,19)20,17(21,22)23)12-5-9-14(25-2)10-6-12/h3-10,24-25H,1-2H3. The van der Waals surface area contributed by atoms with E-state index in [-0.39, 0.29) is 0 Å². The summed E-state index contributed by atoms with van der Waals surface area (Å²) in [7, 11) is 3.04. The van der Waals surface area contributed by atoms with Crippen LogP contribution in [0.3, 0.4) is 0 Å². The van der Waals surface area contributed by atoms with E-state index in [4.69, 9.17) is 0 Å². The second kappa shape index (κ2) is 6.50. The van der Waals surface area contributed by atoms with Gasteiger partial charge in [-0.25, -0.2) is 0 Å². The fourth-order valence-corrected chi connectivity index (χ4v) is 2.76. The highest BCUT2D eigenvalue weighted by Gasteiger charge is 2.72. The van der Waals surface area contributed by atoms with Gasteiger partial charge in [0, 0.05) is 25.5 Å². The molecule has 0 aliphatic carbocycles. The molecule has 0 fully saturated rings. The van der Waals surface area contributed by atoms with Crippen molar-refractivity contribution in [1.82, 2.24) is 0 Å². The molecule has 2 nitrogen and oxygen atoms in total. The third kappa shape index (κ3) is 3.12. The van der Waals surface area contributed by atoms with E-state index in [2.05, 4.69) is 10.6 Å². The lowest BCUT2D eigenvalue weighted by Crippen LogP contribution is -2.54. The molecule has 2 rings (SSSR count). The number of anilines is 2. The van der Waals surface area contributed by atoms with Crippen LogP contribution in [0.15, 0.2) is 48.5 Å². The number of nitrogens with one attached hydrogen (secondary N) is 2. The van der Waals surface area contributed by atoms with Crippen LogP contribution >= 0.6 is 0 Å². The molecule has 0 heterocycles. The fraction of sp³-hybridized carbons (Fsp3) is 0.294. The molecule has 0 aliphatic rings. The van der Waals surface area contributed by atoms with Crippen LogP contribution in [0.2, 0.25) is 0 Å². The molecule has 0 aromatic heterocycles. The van der Waals surface area contributed by atoms with Crippen molar-refractivity contribution in [2.75, 3.05) is 24.7 Å². The Bertz CT molecular complexity index is 638. The second-order valence-electron chi connectivity index (χ2n) is 5.40. The summed E-state index contributed by atoms with van der Waals surface area (Å²) in [5.74, 6) is 0. The molecule has 0 atom stereocenters. The van der Waals surface area contributed by atoms with Crippen molar-refractivity contribution in [2.45, 2.75) is 17.8 Å². The zero-order valence-electron chi connectivity index (χ0n) is 13.4. The molecule has 2 aromatic rings. The molecule has 25 heavy (non-hydrogen) atoms.